The molecule has 1 saturated heterocycles. The average Bonchev–Trinajstić information content (AvgIpc) is 2.54. The third-order valence-corrected chi connectivity index (χ3v) is 2.54. The van der Waals surface area contributed by atoms with Gasteiger partial charge in [0.05, 0.1) is 11.9 Å². The fourth-order valence-corrected chi connectivity index (χ4v) is 1.86. The maximum Gasteiger partial charge on any atom is 0.302 e. The molecule has 100 valence electrons. The number of rotatable bonds is 5. The van der Waals surface area contributed by atoms with Gasteiger partial charge in [0, 0.05) is 11.8 Å². The molecule has 0 spiro atoms. The summed E-state index contributed by atoms with van der Waals surface area (Å²) >= 11 is 0. The maximum atomic E-state index is 10.8. The van der Waals surface area contributed by atoms with E-state index in [1.807, 2.05) is 0 Å². The number of hydrogen-bond acceptors (Lipinski definition) is 5. The zero-order chi connectivity index (χ0) is 13.7. The van der Waals surface area contributed by atoms with E-state index in [0.717, 1.165) is 0 Å². The molecule has 0 saturated carbocycles. The molecular formula is C11H17N3O4. The van der Waals surface area contributed by atoms with E-state index in [4.69, 9.17) is 19.7 Å². The fraction of sp³-hybridized carbons (Fsp3) is 0.727. The van der Waals surface area contributed by atoms with Crippen LogP contribution in [0.25, 0.3) is 10.4 Å². The summed E-state index contributed by atoms with van der Waals surface area (Å²) in [6.45, 7) is 8.51. The molecule has 1 aliphatic rings. The molecule has 18 heavy (non-hydrogen) atoms. The van der Waals surface area contributed by atoms with E-state index in [1.54, 1.807) is 13.8 Å². The molecule has 0 aromatic carbocycles. The first-order chi connectivity index (χ1) is 8.45. The first-order valence-corrected chi connectivity index (χ1v) is 5.61. The Bertz CT molecular complexity index is 378. The first-order valence-electron chi connectivity index (χ1n) is 5.61. The third kappa shape index (κ3) is 3.65. The lowest BCUT2D eigenvalue weighted by Gasteiger charge is -2.20. The molecule has 0 aromatic rings. The van der Waals surface area contributed by atoms with E-state index < -0.39 is 24.2 Å². The van der Waals surface area contributed by atoms with Gasteiger partial charge in [0.15, 0.2) is 0 Å². The molecule has 0 unspecified atom stereocenters. The smallest absolute Gasteiger partial charge is 0.302 e. The summed E-state index contributed by atoms with van der Waals surface area (Å²) in [4.78, 5) is 13.6. The molecule has 1 rings (SSSR count). The fourth-order valence-electron chi connectivity index (χ4n) is 1.86. The quantitative estimate of drug-likeness (QED) is 0.246. The van der Waals surface area contributed by atoms with Gasteiger partial charge in [-0.2, -0.15) is 0 Å². The molecule has 0 aromatic heterocycles. The highest BCUT2D eigenvalue weighted by Crippen LogP contribution is 2.28. The standard InChI is InChI=1S/C11H17N3O4/c1-6(2)17-11-7(3)18-9(5-16-8(4)15)10(11)13-14-12/h7,9-11H,1,5H2,2-4H3/t7-,9+,10+,11-/m0/s1. The van der Waals surface area contributed by atoms with Gasteiger partial charge in [-0.25, -0.2) is 0 Å². The summed E-state index contributed by atoms with van der Waals surface area (Å²) in [6, 6.07) is -0.541. The van der Waals surface area contributed by atoms with Crippen molar-refractivity contribution in [2.45, 2.75) is 45.1 Å². The minimum atomic E-state index is -0.541. The Morgan fingerprint density at radius 3 is 2.72 bits per heavy atom. The van der Waals surface area contributed by atoms with Crippen LogP contribution in [0.4, 0.5) is 0 Å². The number of carbonyl (C=O) groups excluding carboxylic acids is 1. The lowest BCUT2D eigenvalue weighted by Crippen LogP contribution is -2.34. The second-order valence-corrected chi connectivity index (χ2v) is 4.16. The van der Waals surface area contributed by atoms with Crippen molar-refractivity contribution in [2.75, 3.05) is 6.61 Å². The van der Waals surface area contributed by atoms with Gasteiger partial charge in [-0.15, -0.1) is 0 Å². The molecule has 1 aliphatic heterocycles. The molecule has 0 aliphatic carbocycles. The van der Waals surface area contributed by atoms with Crippen LogP contribution in [0, 0.1) is 0 Å². The van der Waals surface area contributed by atoms with E-state index in [0.29, 0.717) is 5.76 Å². The van der Waals surface area contributed by atoms with Gasteiger partial charge < -0.3 is 14.2 Å². The number of esters is 1. The normalized spacial score (nSPS) is 30.4. The van der Waals surface area contributed by atoms with Gasteiger partial charge in [0.25, 0.3) is 0 Å². The molecule has 7 nitrogen and oxygen atoms in total. The lowest BCUT2D eigenvalue weighted by atomic mass is 10.1. The minimum Gasteiger partial charge on any atom is -0.492 e. The summed E-state index contributed by atoms with van der Waals surface area (Å²) in [6.07, 6.45) is -1.18. The molecular weight excluding hydrogens is 238 g/mol. The third-order valence-electron chi connectivity index (χ3n) is 2.54. The van der Waals surface area contributed by atoms with Crippen molar-refractivity contribution >= 4 is 5.97 Å². The largest absolute Gasteiger partial charge is 0.492 e. The molecule has 0 bridgehead atoms. The van der Waals surface area contributed by atoms with Gasteiger partial charge in [-0.1, -0.05) is 11.7 Å². The Balaban J connectivity index is 2.76. The van der Waals surface area contributed by atoms with Gasteiger partial charge in [0.2, 0.25) is 0 Å². The Morgan fingerprint density at radius 2 is 2.22 bits per heavy atom. The summed E-state index contributed by atoms with van der Waals surface area (Å²) < 4.78 is 16.0. The molecule has 1 fully saturated rings. The Kier molecular flexibility index (Phi) is 5.00. The monoisotopic (exact) mass is 255 g/mol. The SMILES string of the molecule is C=C(C)O[C@@H]1[C@H](N=[N+]=[N-])[C@@H](COC(C)=O)O[C@H]1C. The number of hydrogen-bond donors (Lipinski definition) is 0. The molecule has 7 heteroatoms. The highest BCUT2D eigenvalue weighted by molar-refractivity contribution is 5.65. The van der Waals surface area contributed by atoms with Crippen LogP contribution in [-0.4, -0.2) is 36.9 Å². The minimum absolute atomic E-state index is 0.0411. The van der Waals surface area contributed by atoms with Crippen LogP contribution in [0.3, 0.4) is 0 Å². The molecule has 0 N–H and O–H groups in total. The Labute approximate surface area is 105 Å². The predicted molar refractivity (Wildman–Crippen MR) is 63.6 cm³/mol. The number of carbonyl (C=O) groups is 1. The van der Waals surface area contributed by atoms with E-state index in [9.17, 15) is 4.79 Å². The van der Waals surface area contributed by atoms with Crippen molar-refractivity contribution in [3.63, 3.8) is 0 Å². The highest BCUT2D eigenvalue weighted by atomic mass is 16.6. The molecule has 4 atom stereocenters. The van der Waals surface area contributed by atoms with Crippen LogP contribution in [0.1, 0.15) is 20.8 Å². The maximum absolute atomic E-state index is 10.8. The van der Waals surface area contributed by atoms with Gasteiger partial charge in [0.1, 0.15) is 24.9 Å². The van der Waals surface area contributed by atoms with E-state index in [2.05, 4.69) is 16.6 Å². The van der Waals surface area contributed by atoms with Gasteiger partial charge in [-0.3, -0.25) is 4.79 Å². The van der Waals surface area contributed by atoms with Crippen LogP contribution >= 0.6 is 0 Å². The van der Waals surface area contributed by atoms with Crippen molar-refractivity contribution in [1.29, 1.82) is 0 Å². The Hall–Kier alpha value is -1.72. The summed E-state index contributed by atoms with van der Waals surface area (Å²) in [7, 11) is 0. The van der Waals surface area contributed by atoms with Crippen LogP contribution in [0.2, 0.25) is 0 Å². The van der Waals surface area contributed by atoms with Crippen LogP contribution in [0.5, 0.6) is 0 Å². The summed E-state index contributed by atoms with van der Waals surface area (Å²) in [5.74, 6) is 0.108. The molecule has 0 amide bonds. The lowest BCUT2D eigenvalue weighted by molar-refractivity contribution is -0.145. The van der Waals surface area contributed by atoms with E-state index in [-0.39, 0.29) is 12.7 Å². The molecule has 1 heterocycles. The average molecular weight is 255 g/mol. The molecule has 0 radical (unpaired) electrons. The summed E-state index contributed by atoms with van der Waals surface area (Å²) in [5.41, 5.74) is 8.58. The second kappa shape index (κ2) is 6.28. The van der Waals surface area contributed by atoms with Gasteiger partial charge in [-0.05, 0) is 19.4 Å². The van der Waals surface area contributed by atoms with Crippen molar-refractivity contribution < 1.29 is 19.0 Å². The summed E-state index contributed by atoms with van der Waals surface area (Å²) in [5, 5.41) is 3.67. The van der Waals surface area contributed by atoms with Crippen molar-refractivity contribution in [3.8, 4) is 0 Å². The van der Waals surface area contributed by atoms with Crippen molar-refractivity contribution in [3.05, 3.63) is 22.8 Å². The Morgan fingerprint density at radius 1 is 1.56 bits per heavy atom. The zero-order valence-corrected chi connectivity index (χ0v) is 10.7. The topological polar surface area (TPSA) is 93.5 Å². The zero-order valence-electron chi connectivity index (χ0n) is 10.7. The second-order valence-electron chi connectivity index (χ2n) is 4.16. The van der Waals surface area contributed by atoms with Crippen LogP contribution in [0.15, 0.2) is 17.5 Å². The van der Waals surface area contributed by atoms with Crippen LogP contribution in [-0.2, 0) is 19.0 Å². The van der Waals surface area contributed by atoms with Gasteiger partial charge >= 0.3 is 5.97 Å². The number of nitrogens with zero attached hydrogens (tertiary/aromatic N) is 3. The van der Waals surface area contributed by atoms with E-state index in [1.165, 1.54) is 6.92 Å². The number of ether oxygens (including phenoxy) is 3. The van der Waals surface area contributed by atoms with Crippen molar-refractivity contribution in [2.24, 2.45) is 5.11 Å². The first kappa shape index (κ1) is 14.3. The predicted octanol–water partition coefficient (Wildman–Crippen LogP) is 1.93. The highest BCUT2D eigenvalue weighted by Gasteiger charge is 2.44. The van der Waals surface area contributed by atoms with Crippen LogP contribution < -0.4 is 0 Å². The number of allylic oxidation sites excluding steroid dienone is 1. The van der Waals surface area contributed by atoms with E-state index >= 15 is 0 Å². The number of azide groups is 1. The van der Waals surface area contributed by atoms with Crippen molar-refractivity contribution in [1.82, 2.24) is 0 Å².